The van der Waals surface area contributed by atoms with Crippen molar-refractivity contribution in [2.45, 2.75) is 65.6 Å². The summed E-state index contributed by atoms with van der Waals surface area (Å²) in [6, 6.07) is -0.0315. The van der Waals surface area contributed by atoms with E-state index < -0.39 is 0 Å². The molecule has 1 unspecified atom stereocenters. The van der Waals surface area contributed by atoms with Gasteiger partial charge in [0.15, 0.2) is 5.11 Å². The van der Waals surface area contributed by atoms with E-state index in [-0.39, 0.29) is 11.7 Å². The molecule has 0 aliphatic carbocycles. The van der Waals surface area contributed by atoms with Crippen molar-refractivity contribution in [3.05, 3.63) is 0 Å². The minimum Gasteiger partial charge on any atom is -0.363 e. The van der Waals surface area contributed by atoms with Crippen molar-refractivity contribution >= 4 is 23.2 Å². The third kappa shape index (κ3) is 4.20. The van der Waals surface area contributed by atoms with E-state index in [2.05, 4.69) is 55.1 Å². The van der Waals surface area contributed by atoms with Crippen LogP contribution in [0.4, 0.5) is 0 Å². The van der Waals surface area contributed by atoms with E-state index in [1.165, 1.54) is 0 Å². The van der Waals surface area contributed by atoms with E-state index in [0.717, 1.165) is 50.6 Å². The van der Waals surface area contributed by atoms with E-state index in [1.54, 1.807) is 0 Å². The van der Waals surface area contributed by atoms with Gasteiger partial charge in [-0.1, -0.05) is 27.7 Å². The van der Waals surface area contributed by atoms with E-state index in [9.17, 15) is 4.79 Å². The topological polar surface area (TPSA) is 47.6 Å². The number of nitrogens with zero attached hydrogens (tertiary/aromatic N) is 2. The number of likely N-dealkylation sites (tertiary alicyclic amines) is 1. The zero-order chi connectivity index (χ0) is 17.9. The zero-order valence-electron chi connectivity index (χ0n) is 15.9. The first kappa shape index (κ1) is 19.4. The Morgan fingerprint density at radius 3 is 2.42 bits per heavy atom. The molecular weight excluding hydrogens is 320 g/mol. The van der Waals surface area contributed by atoms with Crippen LogP contribution >= 0.6 is 12.2 Å². The lowest BCUT2D eigenvalue weighted by molar-refractivity contribution is -0.134. The second kappa shape index (κ2) is 8.00. The highest BCUT2D eigenvalue weighted by Crippen LogP contribution is 2.34. The van der Waals surface area contributed by atoms with Gasteiger partial charge in [-0.15, -0.1) is 0 Å². The molecule has 1 amide bonds. The summed E-state index contributed by atoms with van der Waals surface area (Å²) in [4.78, 5) is 17.4. The fraction of sp³-hybridized carbons (Fsp3) is 0.889. The Kier molecular flexibility index (Phi) is 6.48. The first-order valence-corrected chi connectivity index (χ1v) is 9.82. The number of amides is 1. The van der Waals surface area contributed by atoms with Gasteiger partial charge >= 0.3 is 0 Å². The maximum absolute atomic E-state index is 13.0. The molecular formula is C18H34N4OS. The fourth-order valence-electron chi connectivity index (χ4n) is 3.88. The molecule has 2 N–H and O–H groups in total. The Morgan fingerprint density at radius 2 is 1.92 bits per heavy atom. The maximum Gasteiger partial charge on any atom is 0.241 e. The molecule has 2 aliphatic heterocycles. The van der Waals surface area contributed by atoms with Crippen molar-refractivity contribution in [1.29, 1.82) is 0 Å². The van der Waals surface area contributed by atoms with Crippen LogP contribution < -0.4 is 10.6 Å². The average Bonchev–Trinajstić information content (AvgIpc) is 2.73. The Hall–Kier alpha value is -0.880. The summed E-state index contributed by atoms with van der Waals surface area (Å²) in [5.41, 5.74) is -0.181. The predicted octanol–water partition coefficient (Wildman–Crippen LogP) is 2.18. The molecule has 0 bridgehead atoms. The molecule has 1 spiro atoms. The molecule has 6 heteroatoms. The minimum atomic E-state index is -0.181. The van der Waals surface area contributed by atoms with Gasteiger partial charge < -0.3 is 15.1 Å². The second-order valence-electron chi connectivity index (χ2n) is 8.02. The van der Waals surface area contributed by atoms with Crippen molar-refractivity contribution in [3.63, 3.8) is 0 Å². The summed E-state index contributed by atoms with van der Waals surface area (Å²) in [6.45, 7) is 14.3. The Bertz CT molecular complexity index is 458. The summed E-state index contributed by atoms with van der Waals surface area (Å²) in [7, 11) is 0. The average molecular weight is 355 g/mol. The Labute approximate surface area is 152 Å². The van der Waals surface area contributed by atoms with Crippen LogP contribution in [0.5, 0.6) is 0 Å². The molecule has 2 heterocycles. The quantitative estimate of drug-likeness (QED) is 0.741. The van der Waals surface area contributed by atoms with Gasteiger partial charge in [-0.05, 0) is 37.4 Å². The lowest BCUT2D eigenvalue weighted by atomic mass is 9.95. The monoisotopic (exact) mass is 354 g/mol. The summed E-state index contributed by atoms with van der Waals surface area (Å²) < 4.78 is 0. The molecule has 0 saturated carbocycles. The summed E-state index contributed by atoms with van der Waals surface area (Å²) in [5, 5.41) is 7.80. The molecule has 2 fully saturated rings. The number of piperidine rings is 1. The van der Waals surface area contributed by atoms with Crippen LogP contribution in [0, 0.1) is 11.8 Å². The van der Waals surface area contributed by atoms with Crippen molar-refractivity contribution in [2.75, 3.05) is 26.2 Å². The van der Waals surface area contributed by atoms with Crippen molar-refractivity contribution in [2.24, 2.45) is 11.8 Å². The van der Waals surface area contributed by atoms with Crippen molar-refractivity contribution < 1.29 is 4.79 Å². The first-order chi connectivity index (χ1) is 11.3. The fourth-order valence-corrected chi connectivity index (χ4v) is 4.21. The molecule has 0 aromatic heterocycles. The molecule has 2 rings (SSSR count). The number of rotatable bonds is 5. The van der Waals surface area contributed by atoms with Crippen LogP contribution in [-0.4, -0.2) is 58.7 Å². The summed E-state index contributed by atoms with van der Waals surface area (Å²) >= 11 is 5.45. The smallest absolute Gasteiger partial charge is 0.241 e. The lowest BCUT2D eigenvalue weighted by Crippen LogP contribution is -2.60. The number of hydrogen-bond donors (Lipinski definition) is 2. The number of hydrogen-bond acceptors (Lipinski definition) is 3. The third-order valence-corrected chi connectivity index (χ3v) is 5.39. The molecule has 5 nitrogen and oxygen atoms in total. The van der Waals surface area contributed by atoms with Crippen molar-refractivity contribution in [1.82, 2.24) is 20.4 Å². The van der Waals surface area contributed by atoms with Gasteiger partial charge in [-0.2, -0.15) is 0 Å². The molecule has 2 aliphatic rings. The molecule has 1 atom stereocenters. The van der Waals surface area contributed by atoms with E-state index in [4.69, 9.17) is 12.2 Å². The number of nitrogens with one attached hydrogen (secondary N) is 2. The molecule has 24 heavy (non-hydrogen) atoms. The van der Waals surface area contributed by atoms with Gasteiger partial charge in [0, 0.05) is 39.0 Å². The van der Waals surface area contributed by atoms with Crippen LogP contribution in [0.15, 0.2) is 0 Å². The zero-order valence-corrected chi connectivity index (χ0v) is 16.7. The SMILES string of the molecule is CCNC(=S)N1CCC2(CC1)NC(CC(C)C)C(=O)N2CC(C)C. The number of thiocarbonyl (C=S) groups is 1. The van der Waals surface area contributed by atoms with Gasteiger partial charge in [0.25, 0.3) is 0 Å². The van der Waals surface area contributed by atoms with Gasteiger partial charge in [-0.25, -0.2) is 0 Å². The first-order valence-electron chi connectivity index (χ1n) is 9.41. The molecule has 0 aromatic carbocycles. The highest BCUT2D eigenvalue weighted by atomic mass is 32.1. The van der Waals surface area contributed by atoms with Crippen LogP contribution in [0.25, 0.3) is 0 Å². The maximum atomic E-state index is 13.0. The summed E-state index contributed by atoms with van der Waals surface area (Å²) in [5.74, 6) is 1.29. The van der Waals surface area contributed by atoms with Crippen molar-refractivity contribution in [3.8, 4) is 0 Å². The van der Waals surface area contributed by atoms with Gasteiger partial charge in [-0.3, -0.25) is 10.1 Å². The standard InChI is InChI=1S/C18H34N4OS/c1-6-19-17(24)21-9-7-18(8-10-21)20-15(11-13(2)3)16(23)22(18)12-14(4)5/h13-15,20H,6-12H2,1-5H3,(H,19,24). The van der Waals surface area contributed by atoms with Crippen LogP contribution in [-0.2, 0) is 4.79 Å². The Morgan fingerprint density at radius 1 is 1.29 bits per heavy atom. The highest BCUT2D eigenvalue weighted by molar-refractivity contribution is 7.80. The predicted molar refractivity (Wildman–Crippen MR) is 103 cm³/mol. The van der Waals surface area contributed by atoms with Crippen LogP contribution in [0.2, 0.25) is 0 Å². The molecule has 138 valence electrons. The number of carbonyl (C=O) groups excluding carboxylic acids is 1. The molecule has 2 saturated heterocycles. The number of carbonyl (C=O) groups is 1. The van der Waals surface area contributed by atoms with E-state index in [1.807, 2.05) is 0 Å². The minimum absolute atomic E-state index is 0.0315. The third-order valence-electron chi connectivity index (χ3n) is 4.98. The normalized spacial score (nSPS) is 23.6. The largest absolute Gasteiger partial charge is 0.363 e. The van der Waals surface area contributed by atoms with Gasteiger partial charge in [0.2, 0.25) is 5.91 Å². The van der Waals surface area contributed by atoms with Gasteiger partial charge in [0.05, 0.1) is 11.7 Å². The molecule has 0 aromatic rings. The van der Waals surface area contributed by atoms with E-state index in [0.29, 0.717) is 17.7 Å². The Balaban J connectivity index is 2.11. The van der Waals surface area contributed by atoms with Crippen LogP contribution in [0.1, 0.15) is 53.9 Å². The van der Waals surface area contributed by atoms with Crippen LogP contribution in [0.3, 0.4) is 0 Å². The highest BCUT2D eigenvalue weighted by Gasteiger charge is 2.51. The second-order valence-corrected chi connectivity index (χ2v) is 8.41. The van der Waals surface area contributed by atoms with Gasteiger partial charge in [0.1, 0.15) is 0 Å². The lowest BCUT2D eigenvalue weighted by Gasteiger charge is -2.45. The molecule has 0 radical (unpaired) electrons. The summed E-state index contributed by atoms with van der Waals surface area (Å²) in [6.07, 6.45) is 2.78. The van der Waals surface area contributed by atoms with E-state index >= 15 is 0 Å².